The van der Waals surface area contributed by atoms with Crippen molar-refractivity contribution < 1.29 is 4.79 Å². The number of benzene rings is 2. The molecule has 0 radical (unpaired) electrons. The number of thioether (sulfide) groups is 1. The van der Waals surface area contributed by atoms with Crippen molar-refractivity contribution in [3.05, 3.63) is 72.8 Å². The number of aromatic nitrogens is 2. The van der Waals surface area contributed by atoms with Gasteiger partial charge in [-0.15, -0.1) is 6.58 Å². The van der Waals surface area contributed by atoms with Crippen LogP contribution < -0.4 is 5.32 Å². The number of amides is 1. The first-order valence-electron chi connectivity index (χ1n) is 8.22. The van der Waals surface area contributed by atoms with Crippen LogP contribution in [0.1, 0.15) is 18.5 Å². The number of para-hydroxylation sites is 2. The molecule has 1 unspecified atom stereocenters. The van der Waals surface area contributed by atoms with Gasteiger partial charge in [0.25, 0.3) is 0 Å². The van der Waals surface area contributed by atoms with E-state index >= 15 is 0 Å². The molecule has 0 bridgehead atoms. The average Bonchev–Trinajstić information content (AvgIpc) is 2.99. The Morgan fingerprint density at radius 3 is 2.72 bits per heavy atom. The van der Waals surface area contributed by atoms with Crippen LogP contribution in [0.5, 0.6) is 0 Å². The molecule has 0 aliphatic heterocycles. The van der Waals surface area contributed by atoms with Gasteiger partial charge >= 0.3 is 0 Å². The minimum Gasteiger partial charge on any atom is -0.349 e. The fraction of sp³-hybridized carbons (Fsp3) is 0.200. The average molecular weight is 351 g/mol. The molecule has 0 saturated carbocycles. The van der Waals surface area contributed by atoms with E-state index in [-0.39, 0.29) is 11.9 Å². The molecular weight excluding hydrogens is 330 g/mol. The molecule has 3 aromatic rings. The van der Waals surface area contributed by atoms with Crippen LogP contribution in [-0.2, 0) is 11.3 Å². The lowest BCUT2D eigenvalue weighted by Gasteiger charge is -2.14. The maximum absolute atomic E-state index is 12.3. The van der Waals surface area contributed by atoms with E-state index in [2.05, 4.69) is 21.4 Å². The SMILES string of the molecule is C=CCn1c(SCC(=O)NC(C)c2ccccc2)nc2ccccc21. The van der Waals surface area contributed by atoms with Crippen molar-refractivity contribution in [2.75, 3.05) is 5.75 Å². The van der Waals surface area contributed by atoms with E-state index in [0.29, 0.717) is 12.3 Å². The highest BCUT2D eigenvalue weighted by Crippen LogP contribution is 2.24. The summed E-state index contributed by atoms with van der Waals surface area (Å²) in [6.45, 7) is 6.48. The Kier molecular flexibility index (Phi) is 5.56. The van der Waals surface area contributed by atoms with Gasteiger partial charge in [-0.25, -0.2) is 4.98 Å². The molecule has 0 saturated heterocycles. The highest BCUT2D eigenvalue weighted by atomic mass is 32.2. The smallest absolute Gasteiger partial charge is 0.230 e. The van der Waals surface area contributed by atoms with Gasteiger partial charge in [-0.05, 0) is 24.6 Å². The van der Waals surface area contributed by atoms with Crippen LogP contribution in [-0.4, -0.2) is 21.2 Å². The molecule has 1 atom stereocenters. The molecule has 1 aromatic heterocycles. The largest absolute Gasteiger partial charge is 0.349 e. The molecule has 5 heteroatoms. The molecule has 0 spiro atoms. The number of carbonyl (C=O) groups excluding carboxylic acids is 1. The third kappa shape index (κ3) is 4.12. The molecule has 1 N–H and O–H groups in total. The number of rotatable bonds is 7. The van der Waals surface area contributed by atoms with Gasteiger partial charge in [0.1, 0.15) is 0 Å². The van der Waals surface area contributed by atoms with E-state index in [0.717, 1.165) is 21.8 Å². The number of imidazole rings is 1. The Balaban J connectivity index is 1.67. The zero-order chi connectivity index (χ0) is 17.6. The summed E-state index contributed by atoms with van der Waals surface area (Å²) in [7, 11) is 0. The number of nitrogens with zero attached hydrogens (tertiary/aromatic N) is 2. The summed E-state index contributed by atoms with van der Waals surface area (Å²) in [6, 6.07) is 17.9. The summed E-state index contributed by atoms with van der Waals surface area (Å²) in [6.07, 6.45) is 1.84. The Morgan fingerprint density at radius 1 is 1.24 bits per heavy atom. The Bertz CT molecular complexity index is 873. The van der Waals surface area contributed by atoms with E-state index in [9.17, 15) is 4.79 Å². The second-order valence-corrected chi connectivity index (χ2v) is 6.71. The van der Waals surface area contributed by atoms with Crippen LogP contribution in [0.2, 0.25) is 0 Å². The molecule has 0 aliphatic carbocycles. The van der Waals surface area contributed by atoms with Gasteiger partial charge in [0.2, 0.25) is 5.91 Å². The summed E-state index contributed by atoms with van der Waals surface area (Å²) in [5.74, 6) is 0.330. The standard InChI is InChI=1S/C20H21N3OS/c1-3-13-23-18-12-8-7-11-17(18)22-20(23)25-14-19(24)21-15(2)16-9-5-4-6-10-16/h3-12,15H,1,13-14H2,2H3,(H,21,24). The van der Waals surface area contributed by atoms with Crippen molar-refractivity contribution in [3.63, 3.8) is 0 Å². The van der Waals surface area contributed by atoms with E-state index in [1.165, 1.54) is 11.8 Å². The van der Waals surface area contributed by atoms with E-state index < -0.39 is 0 Å². The highest BCUT2D eigenvalue weighted by molar-refractivity contribution is 7.99. The third-order valence-corrected chi connectivity index (χ3v) is 4.92. The first kappa shape index (κ1) is 17.3. The molecule has 0 aliphatic rings. The molecule has 128 valence electrons. The van der Waals surface area contributed by atoms with Crippen molar-refractivity contribution >= 4 is 28.7 Å². The van der Waals surface area contributed by atoms with Crippen LogP contribution in [0.25, 0.3) is 11.0 Å². The molecule has 1 amide bonds. The molecule has 4 nitrogen and oxygen atoms in total. The second-order valence-electron chi connectivity index (χ2n) is 5.77. The van der Waals surface area contributed by atoms with E-state index in [4.69, 9.17) is 0 Å². The molecular formula is C20H21N3OS. The van der Waals surface area contributed by atoms with Gasteiger partial charge in [0, 0.05) is 6.54 Å². The first-order valence-corrected chi connectivity index (χ1v) is 9.21. The molecule has 2 aromatic carbocycles. The monoisotopic (exact) mass is 351 g/mol. The van der Waals surface area contributed by atoms with E-state index in [1.54, 1.807) is 0 Å². The number of allylic oxidation sites excluding steroid dienone is 1. The fourth-order valence-electron chi connectivity index (χ4n) is 2.71. The van der Waals surface area contributed by atoms with Gasteiger partial charge in [-0.3, -0.25) is 4.79 Å². The Hall–Kier alpha value is -2.53. The summed E-state index contributed by atoms with van der Waals surface area (Å²) in [5.41, 5.74) is 3.09. The van der Waals surface area contributed by atoms with Gasteiger partial charge in [-0.2, -0.15) is 0 Å². The first-order chi connectivity index (χ1) is 12.2. The minimum absolute atomic E-state index is 0.00133. The van der Waals surface area contributed by atoms with Gasteiger partial charge in [0.05, 0.1) is 22.8 Å². The normalized spacial score (nSPS) is 12.0. The summed E-state index contributed by atoms with van der Waals surface area (Å²) < 4.78 is 2.08. The summed E-state index contributed by atoms with van der Waals surface area (Å²) in [5, 5.41) is 3.87. The fourth-order valence-corrected chi connectivity index (χ4v) is 3.54. The van der Waals surface area contributed by atoms with Crippen molar-refractivity contribution in [1.29, 1.82) is 0 Å². The highest BCUT2D eigenvalue weighted by Gasteiger charge is 2.14. The van der Waals surface area contributed by atoms with Gasteiger partial charge in [0.15, 0.2) is 5.16 Å². The Labute approximate surface area is 152 Å². The number of nitrogens with one attached hydrogen (secondary N) is 1. The number of carbonyl (C=O) groups is 1. The summed E-state index contributed by atoms with van der Waals surface area (Å²) >= 11 is 1.45. The molecule has 3 rings (SSSR count). The number of hydrogen-bond acceptors (Lipinski definition) is 3. The zero-order valence-electron chi connectivity index (χ0n) is 14.2. The zero-order valence-corrected chi connectivity index (χ0v) is 15.0. The molecule has 25 heavy (non-hydrogen) atoms. The van der Waals surface area contributed by atoms with Crippen LogP contribution in [0.15, 0.2) is 72.4 Å². The van der Waals surface area contributed by atoms with Crippen LogP contribution in [0.3, 0.4) is 0 Å². The van der Waals surface area contributed by atoms with E-state index in [1.807, 2.05) is 67.6 Å². The van der Waals surface area contributed by atoms with Gasteiger partial charge in [-0.1, -0.05) is 60.3 Å². The van der Waals surface area contributed by atoms with Crippen LogP contribution in [0.4, 0.5) is 0 Å². The van der Waals surface area contributed by atoms with Crippen LogP contribution in [0, 0.1) is 0 Å². The second kappa shape index (κ2) is 8.03. The predicted molar refractivity (Wildman–Crippen MR) is 104 cm³/mol. The van der Waals surface area contributed by atoms with Crippen LogP contribution >= 0.6 is 11.8 Å². The maximum atomic E-state index is 12.3. The number of fused-ring (bicyclic) bond motifs is 1. The minimum atomic E-state index is -0.0127. The van der Waals surface area contributed by atoms with Crippen molar-refractivity contribution in [2.24, 2.45) is 0 Å². The van der Waals surface area contributed by atoms with Crippen molar-refractivity contribution in [1.82, 2.24) is 14.9 Å². The third-order valence-electron chi connectivity index (χ3n) is 3.94. The number of hydrogen-bond donors (Lipinski definition) is 1. The molecule has 1 heterocycles. The Morgan fingerprint density at radius 2 is 1.96 bits per heavy atom. The summed E-state index contributed by atoms with van der Waals surface area (Å²) in [4.78, 5) is 16.9. The lowest BCUT2D eigenvalue weighted by Crippen LogP contribution is -2.28. The predicted octanol–water partition coefficient (Wildman–Crippen LogP) is 4.19. The van der Waals surface area contributed by atoms with Crippen molar-refractivity contribution in [2.45, 2.75) is 24.7 Å². The quantitative estimate of drug-likeness (QED) is 0.513. The van der Waals surface area contributed by atoms with Crippen molar-refractivity contribution in [3.8, 4) is 0 Å². The lowest BCUT2D eigenvalue weighted by molar-refractivity contribution is -0.119. The molecule has 0 fully saturated rings. The van der Waals surface area contributed by atoms with Gasteiger partial charge < -0.3 is 9.88 Å². The lowest BCUT2D eigenvalue weighted by atomic mass is 10.1. The maximum Gasteiger partial charge on any atom is 0.230 e. The topological polar surface area (TPSA) is 46.9 Å².